The maximum Gasteiger partial charge on any atom is 0.241 e. The van der Waals surface area contributed by atoms with Gasteiger partial charge in [-0.1, -0.05) is 67.9 Å². The lowest BCUT2D eigenvalue weighted by atomic mass is 10.0. The summed E-state index contributed by atoms with van der Waals surface area (Å²) in [5.41, 5.74) is 2.24. The highest BCUT2D eigenvalue weighted by Gasteiger charge is 2.18. The van der Waals surface area contributed by atoms with Crippen LogP contribution in [-0.2, 0) is 16.4 Å². The van der Waals surface area contributed by atoms with Crippen molar-refractivity contribution in [2.75, 3.05) is 0 Å². The first kappa shape index (κ1) is 17.6. The molecule has 3 rings (SSSR count). The van der Waals surface area contributed by atoms with E-state index < -0.39 is 10.0 Å². The lowest BCUT2D eigenvalue weighted by Gasteiger charge is -2.15. The summed E-state index contributed by atoms with van der Waals surface area (Å²) in [6, 6.07) is 20.8. The number of sulfonamides is 1. The second-order valence-corrected chi connectivity index (χ2v) is 8.06. The van der Waals surface area contributed by atoms with Crippen LogP contribution in [0.2, 0.25) is 0 Å². The minimum atomic E-state index is -3.57. The van der Waals surface area contributed by atoms with E-state index in [1.54, 1.807) is 12.1 Å². The van der Waals surface area contributed by atoms with Crippen LogP contribution in [0.4, 0.5) is 0 Å². The zero-order chi connectivity index (χ0) is 17.9. The Morgan fingerprint density at radius 2 is 1.60 bits per heavy atom. The van der Waals surface area contributed by atoms with E-state index in [2.05, 4.69) is 23.8 Å². The van der Waals surface area contributed by atoms with Crippen molar-refractivity contribution in [1.29, 1.82) is 0 Å². The van der Waals surface area contributed by atoms with Gasteiger partial charge in [0.05, 0.1) is 4.90 Å². The molecule has 0 saturated heterocycles. The molecule has 0 radical (unpaired) electrons. The SMILES string of the molecule is CCCc1ccc(C(C)NS(=O)(=O)c2ccc3ccccc3c2)cc1. The van der Waals surface area contributed by atoms with Gasteiger partial charge in [-0.2, -0.15) is 0 Å². The average molecular weight is 353 g/mol. The van der Waals surface area contributed by atoms with E-state index in [1.807, 2.05) is 49.4 Å². The Hall–Kier alpha value is -2.17. The third-order valence-corrected chi connectivity index (χ3v) is 5.92. The lowest BCUT2D eigenvalue weighted by Crippen LogP contribution is -2.26. The Labute approximate surface area is 149 Å². The van der Waals surface area contributed by atoms with E-state index in [4.69, 9.17) is 0 Å². The number of benzene rings is 3. The molecule has 0 bridgehead atoms. The maximum absolute atomic E-state index is 12.7. The van der Waals surface area contributed by atoms with E-state index in [0.717, 1.165) is 29.2 Å². The fourth-order valence-corrected chi connectivity index (χ4v) is 4.23. The molecule has 3 aromatic carbocycles. The van der Waals surface area contributed by atoms with Crippen molar-refractivity contribution in [3.05, 3.63) is 77.9 Å². The van der Waals surface area contributed by atoms with Gasteiger partial charge in [-0.15, -0.1) is 0 Å². The van der Waals surface area contributed by atoms with Crippen LogP contribution in [0, 0.1) is 0 Å². The lowest BCUT2D eigenvalue weighted by molar-refractivity contribution is 0.567. The van der Waals surface area contributed by atoms with Crippen molar-refractivity contribution >= 4 is 20.8 Å². The van der Waals surface area contributed by atoms with Crippen LogP contribution in [0.5, 0.6) is 0 Å². The molecule has 4 heteroatoms. The van der Waals surface area contributed by atoms with Gasteiger partial charge in [0, 0.05) is 6.04 Å². The summed E-state index contributed by atoms with van der Waals surface area (Å²) in [6.45, 7) is 4.02. The first-order chi connectivity index (χ1) is 12.0. The summed E-state index contributed by atoms with van der Waals surface area (Å²) in [7, 11) is -3.57. The van der Waals surface area contributed by atoms with E-state index in [0.29, 0.717) is 4.90 Å². The predicted molar refractivity (Wildman–Crippen MR) is 103 cm³/mol. The fraction of sp³-hybridized carbons (Fsp3) is 0.238. The second-order valence-electron chi connectivity index (χ2n) is 6.34. The number of fused-ring (bicyclic) bond motifs is 1. The summed E-state index contributed by atoms with van der Waals surface area (Å²) in [5.74, 6) is 0. The first-order valence-electron chi connectivity index (χ1n) is 8.59. The summed E-state index contributed by atoms with van der Waals surface area (Å²) in [4.78, 5) is 0.292. The van der Waals surface area contributed by atoms with Gasteiger partial charge < -0.3 is 0 Å². The Morgan fingerprint density at radius 1 is 0.920 bits per heavy atom. The van der Waals surface area contributed by atoms with E-state index in [9.17, 15) is 8.42 Å². The Morgan fingerprint density at radius 3 is 2.28 bits per heavy atom. The summed E-state index contributed by atoms with van der Waals surface area (Å²) in [6.07, 6.45) is 2.14. The molecule has 0 spiro atoms. The highest BCUT2D eigenvalue weighted by atomic mass is 32.2. The van der Waals surface area contributed by atoms with E-state index >= 15 is 0 Å². The van der Waals surface area contributed by atoms with Crippen LogP contribution in [0.3, 0.4) is 0 Å². The van der Waals surface area contributed by atoms with E-state index in [-0.39, 0.29) is 6.04 Å². The zero-order valence-corrected chi connectivity index (χ0v) is 15.4. The zero-order valence-electron chi connectivity index (χ0n) is 14.6. The van der Waals surface area contributed by atoms with Crippen LogP contribution >= 0.6 is 0 Å². The Bertz CT molecular complexity index is 963. The molecule has 0 amide bonds. The molecule has 0 aliphatic carbocycles. The van der Waals surface area contributed by atoms with Crippen molar-refractivity contribution in [2.45, 2.75) is 37.6 Å². The highest BCUT2D eigenvalue weighted by molar-refractivity contribution is 7.89. The summed E-state index contributed by atoms with van der Waals surface area (Å²) < 4.78 is 28.2. The smallest absolute Gasteiger partial charge is 0.207 e. The highest BCUT2D eigenvalue weighted by Crippen LogP contribution is 2.21. The van der Waals surface area contributed by atoms with Gasteiger partial charge in [-0.05, 0) is 47.4 Å². The molecule has 0 heterocycles. The molecule has 25 heavy (non-hydrogen) atoms. The largest absolute Gasteiger partial charge is 0.241 e. The third-order valence-electron chi connectivity index (χ3n) is 4.38. The number of nitrogens with one attached hydrogen (secondary N) is 1. The molecule has 0 aliphatic heterocycles. The molecule has 0 aliphatic rings. The Kier molecular flexibility index (Phi) is 5.21. The third kappa shape index (κ3) is 4.09. The van der Waals surface area contributed by atoms with Crippen molar-refractivity contribution in [1.82, 2.24) is 4.72 Å². The average Bonchev–Trinajstić information content (AvgIpc) is 2.62. The molecule has 0 aromatic heterocycles. The topological polar surface area (TPSA) is 46.2 Å². The van der Waals surface area contributed by atoms with Crippen LogP contribution < -0.4 is 4.72 Å². The van der Waals surface area contributed by atoms with Crippen LogP contribution in [0.15, 0.2) is 71.6 Å². The minimum Gasteiger partial charge on any atom is -0.207 e. The van der Waals surface area contributed by atoms with Gasteiger partial charge in [-0.25, -0.2) is 13.1 Å². The maximum atomic E-state index is 12.7. The standard InChI is InChI=1S/C21H23NO2S/c1-3-6-17-9-11-18(12-10-17)16(2)22-25(23,24)21-14-13-19-7-4-5-8-20(19)15-21/h4-5,7-16,22H,3,6H2,1-2H3. The van der Waals surface area contributed by atoms with Crippen molar-refractivity contribution < 1.29 is 8.42 Å². The van der Waals surface area contributed by atoms with Gasteiger partial charge in [0.2, 0.25) is 10.0 Å². The second kappa shape index (κ2) is 7.38. The molecule has 0 saturated carbocycles. The quantitative estimate of drug-likeness (QED) is 0.690. The molecule has 3 aromatic rings. The van der Waals surface area contributed by atoms with E-state index in [1.165, 1.54) is 5.56 Å². The van der Waals surface area contributed by atoms with Gasteiger partial charge in [0.15, 0.2) is 0 Å². The first-order valence-corrected chi connectivity index (χ1v) is 10.1. The van der Waals surface area contributed by atoms with Crippen LogP contribution in [0.25, 0.3) is 10.8 Å². The molecule has 130 valence electrons. The number of rotatable bonds is 6. The normalized spacial score (nSPS) is 13.0. The molecule has 1 atom stereocenters. The summed E-state index contributed by atoms with van der Waals surface area (Å²) >= 11 is 0. The van der Waals surface area contributed by atoms with Crippen molar-refractivity contribution in [3.8, 4) is 0 Å². The fourth-order valence-electron chi connectivity index (χ4n) is 2.97. The van der Waals surface area contributed by atoms with Crippen LogP contribution in [-0.4, -0.2) is 8.42 Å². The Balaban J connectivity index is 1.81. The molecule has 1 unspecified atom stereocenters. The molecule has 0 fully saturated rings. The van der Waals surface area contributed by atoms with Gasteiger partial charge >= 0.3 is 0 Å². The molecular weight excluding hydrogens is 330 g/mol. The predicted octanol–water partition coefficient (Wildman–Crippen LogP) is 4.83. The van der Waals surface area contributed by atoms with Crippen molar-refractivity contribution in [3.63, 3.8) is 0 Å². The van der Waals surface area contributed by atoms with Crippen LogP contribution in [0.1, 0.15) is 37.4 Å². The minimum absolute atomic E-state index is 0.285. The summed E-state index contributed by atoms with van der Waals surface area (Å²) in [5, 5.41) is 1.95. The van der Waals surface area contributed by atoms with Crippen molar-refractivity contribution in [2.24, 2.45) is 0 Å². The van der Waals surface area contributed by atoms with Gasteiger partial charge in [-0.3, -0.25) is 0 Å². The number of hydrogen-bond acceptors (Lipinski definition) is 2. The van der Waals surface area contributed by atoms with Gasteiger partial charge in [0.1, 0.15) is 0 Å². The number of hydrogen-bond donors (Lipinski definition) is 1. The molecular formula is C21H23NO2S. The monoisotopic (exact) mass is 353 g/mol. The number of aryl methyl sites for hydroxylation is 1. The molecule has 1 N–H and O–H groups in total. The van der Waals surface area contributed by atoms with Gasteiger partial charge in [0.25, 0.3) is 0 Å². The molecule has 3 nitrogen and oxygen atoms in total.